The van der Waals surface area contributed by atoms with Crippen LogP contribution < -0.4 is 0 Å². The molecule has 0 aromatic carbocycles. The van der Waals surface area contributed by atoms with Gasteiger partial charge in [0.25, 0.3) is 0 Å². The summed E-state index contributed by atoms with van der Waals surface area (Å²) < 4.78 is 5.51. The molecule has 3 heteroatoms. The standard InChI is InChI=1S/C8H13NOS/c11-6-9-3-7-1-2-8(9)5-10-4-7/h6-8H,1-5H2. The minimum Gasteiger partial charge on any atom is -0.379 e. The van der Waals surface area contributed by atoms with Crippen LogP contribution in [0.2, 0.25) is 0 Å². The topological polar surface area (TPSA) is 12.5 Å². The van der Waals surface area contributed by atoms with Gasteiger partial charge in [-0.1, -0.05) is 12.2 Å². The molecule has 3 fully saturated rings. The van der Waals surface area contributed by atoms with E-state index in [0.717, 1.165) is 25.7 Å². The summed E-state index contributed by atoms with van der Waals surface area (Å²) in [5, 5.41) is 0. The van der Waals surface area contributed by atoms with Crippen molar-refractivity contribution < 1.29 is 4.74 Å². The SMILES string of the molecule is S=CN1CC2CCC1COC2. The summed E-state index contributed by atoms with van der Waals surface area (Å²) in [5.41, 5.74) is 1.80. The molecule has 2 atom stereocenters. The van der Waals surface area contributed by atoms with Crippen molar-refractivity contribution in [1.29, 1.82) is 0 Å². The fraction of sp³-hybridized carbons (Fsp3) is 0.875. The second-order valence-electron chi connectivity index (χ2n) is 3.44. The van der Waals surface area contributed by atoms with Crippen molar-refractivity contribution in [2.75, 3.05) is 19.8 Å². The molecular formula is C8H13NOS. The molecule has 3 saturated heterocycles. The lowest BCUT2D eigenvalue weighted by Gasteiger charge is -2.33. The van der Waals surface area contributed by atoms with Gasteiger partial charge < -0.3 is 9.64 Å². The molecule has 0 amide bonds. The Morgan fingerprint density at radius 3 is 3.09 bits per heavy atom. The smallest absolute Gasteiger partial charge is 0.0670 e. The molecule has 3 aliphatic heterocycles. The Labute approximate surface area is 72.5 Å². The van der Waals surface area contributed by atoms with Crippen LogP contribution in [0.15, 0.2) is 0 Å². The molecule has 2 nitrogen and oxygen atoms in total. The molecule has 0 aromatic heterocycles. The second kappa shape index (κ2) is 3.07. The maximum absolute atomic E-state index is 5.51. The van der Waals surface area contributed by atoms with Gasteiger partial charge in [0.2, 0.25) is 0 Å². The average molecular weight is 171 g/mol. The Kier molecular flexibility index (Phi) is 2.09. The van der Waals surface area contributed by atoms with Gasteiger partial charge >= 0.3 is 0 Å². The van der Waals surface area contributed by atoms with Gasteiger partial charge in [-0.15, -0.1) is 0 Å². The molecule has 0 aliphatic carbocycles. The van der Waals surface area contributed by atoms with Gasteiger partial charge in [0.05, 0.1) is 24.7 Å². The minimum atomic E-state index is 0.575. The monoisotopic (exact) mass is 171 g/mol. The summed E-state index contributed by atoms with van der Waals surface area (Å²) in [5.74, 6) is 0.730. The zero-order valence-corrected chi connectivity index (χ0v) is 7.35. The molecule has 62 valence electrons. The predicted octanol–water partition coefficient (Wildman–Crippen LogP) is 1.05. The molecule has 0 radical (unpaired) electrons. The number of hydrogen-bond donors (Lipinski definition) is 0. The Bertz CT molecular complexity index is 158. The van der Waals surface area contributed by atoms with Gasteiger partial charge in [0.15, 0.2) is 0 Å². The number of piperidine rings is 1. The Hall–Kier alpha value is -0.150. The molecule has 0 aromatic rings. The van der Waals surface area contributed by atoms with Crippen molar-refractivity contribution in [2.24, 2.45) is 5.92 Å². The van der Waals surface area contributed by atoms with Gasteiger partial charge in [0.1, 0.15) is 0 Å². The van der Waals surface area contributed by atoms with Crippen LogP contribution in [0.4, 0.5) is 0 Å². The van der Waals surface area contributed by atoms with Crippen LogP contribution in [0.1, 0.15) is 12.8 Å². The third-order valence-corrected chi connectivity index (χ3v) is 2.92. The van der Waals surface area contributed by atoms with E-state index >= 15 is 0 Å². The highest BCUT2D eigenvalue weighted by Gasteiger charge is 2.29. The van der Waals surface area contributed by atoms with Crippen molar-refractivity contribution >= 4 is 17.7 Å². The summed E-state index contributed by atoms with van der Waals surface area (Å²) in [4.78, 5) is 2.26. The lowest BCUT2D eigenvalue weighted by atomic mass is 9.96. The van der Waals surface area contributed by atoms with E-state index in [0.29, 0.717) is 6.04 Å². The zero-order chi connectivity index (χ0) is 7.68. The van der Waals surface area contributed by atoms with Crippen LogP contribution in [0, 0.1) is 5.92 Å². The van der Waals surface area contributed by atoms with E-state index in [-0.39, 0.29) is 0 Å². The molecule has 11 heavy (non-hydrogen) atoms. The fourth-order valence-electron chi connectivity index (χ4n) is 1.95. The first-order valence-corrected chi connectivity index (χ1v) is 4.66. The molecule has 3 heterocycles. The van der Waals surface area contributed by atoms with Crippen LogP contribution in [-0.4, -0.2) is 36.2 Å². The lowest BCUT2D eigenvalue weighted by molar-refractivity contribution is 0.122. The Morgan fingerprint density at radius 1 is 1.36 bits per heavy atom. The summed E-state index contributed by atoms with van der Waals surface area (Å²) in [6, 6.07) is 0.575. The summed E-state index contributed by atoms with van der Waals surface area (Å²) in [7, 11) is 0. The minimum absolute atomic E-state index is 0.575. The summed E-state index contributed by atoms with van der Waals surface area (Å²) >= 11 is 4.94. The van der Waals surface area contributed by atoms with Crippen molar-refractivity contribution in [3.05, 3.63) is 0 Å². The lowest BCUT2D eigenvalue weighted by Crippen LogP contribution is -2.41. The number of fused-ring (bicyclic) bond motifs is 4. The van der Waals surface area contributed by atoms with Gasteiger partial charge in [-0.05, 0) is 18.8 Å². The van der Waals surface area contributed by atoms with E-state index < -0.39 is 0 Å². The first-order chi connectivity index (χ1) is 5.40. The van der Waals surface area contributed by atoms with Gasteiger partial charge in [0, 0.05) is 6.54 Å². The molecular weight excluding hydrogens is 158 g/mol. The third-order valence-electron chi connectivity index (χ3n) is 2.65. The van der Waals surface area contributed by atoms with Crippen molar-refractivity contribution in [3.8, 4) is 0 Å². The third kappa shape index (κ3) is 1.40. The van der Waals surface area contributed by atoms with Crippen LogP contribution in [-0.2, 0) is 4.74 Å². The first kappa shape index (κ1) is 7.50. The van der Waals surface area contributed by atoms with Crippen LogP contribution in [0.3, 0.4) is 0 Å². The van der Waals surface area contributed by atoms with Gasteiger partial charge in [-0.2, -0.15) is 0 Å². The van der Waals surface area contributed by atoms with E-state index in [1.165, 1.54) is 12.8 Å². The number of thiocarbonyl (C=S) groups is 1. The summed E-state index contributed by atoms with van der Waals surface area (Å²) in [6.07, 6.45) is 2.59. The molecule has 0 spiro atoms. The van der Waals surface area contributed by atoms with E-state index in [9.17, 15) is 0 Å². The fourth-order valence-corrected chi connectivity index (χ4v) is 2.21. The van der Waals surface area contributed by atoms with Crippen LogP contribution in [0.5, 0.6) is 0 Å². The van der Waals surface area contributed by atoms with Crippen LogP contribution in [0.25, 0.3) is 0 Å². The highest BCUT2D eigenvalue weighted by Crippen LogP contribution is 2.25. The molecule has 0 saturated carbocycles. The van der Waals surface area contributed by atoms with Crippen LogP contribution >= 0.6 is 12.2 Å². The number of rotatable bonds is 1. The van der Waals surface area contributed by atoms with Crippen molar-refractivity contribution in [2.45, 2.75) is 18.9 Å². The molecule has 2 unspecified atom stereocenters. The van der Waals surface area contributed by atoms with E-state index in [1.54, 1.807) is 5.49 Å². The zero-order valence-electron chi connectivity index (χ0n) is 6.53. The largest absolute Gasteiger partial charge is 0.379 e. The molecule has 3 aliphatic rings. The van der Waals surface area contributed by atoms with Crippen molar-refractivity contribution in [1.82, 2.24) is 4.90 Å². The highest BCUT2D eigenvalue weighted by molar-refractivity contribution is 7.78. The second-order valence-corrected chi connectivity index (χ2v) is 3.65. The molecule has 3 rings (SSSR count). The first-order valence-electron chi connectivity index (χ1n) is 4.19. The summed E-state index contributed by atoms with van der Waals surface area (Å²) in [6.45, 7) is 2.94. The predicted molar refractivity (Wildman–Crippen MR) is 47.7 cm³/mol. The average Bonchev–Trinajstić information content (AvgIpc) is 2.37. The highest BCUT2D eigenvalue weighted by atomic mass is 32.1. The number of ether oxygens (including phenoxy) is 1. The normalized spacial score (nSPS) is 36.9. The number of nitrogens with zero attached hydrogens (tertiary/aromatic N) is 1. The van der Waals surface area contributed by atoms with Crippen molar-refractivity contribution in [3.63, 3.8) is 0 Å². The van der Waals surface area contributed by atoms with E-state index in [4.69, 9.17) is 17.0 Å². The maximum atomic E-state index is 5.51. The van der Waals surface area contributed by atoms with Gasteiger partial charge in [-0.3, -0.25) is 0 Å². The van der Waals surface area contributed by atoms with E-state index in [1.807, 2.05) is 0 Å². The quantitative estimate of drug-likeness (QED) is 0.547. The molecule has 2 bridgehead atoms. The van der Waals surface area contributed by atoms with E-state index in [2.05, 4.69) is 4.90 Å². The van der Waals surface area contributed by atoms with Gasteiger partial charge in [-0.25, -0.2) is 0 Å². The maximum Gasteiger partial charge on any atom is 0.0670 e. The number of hydrogen-bond acceptors (Lipinski definition) is 2. The molecule has 0 N–H and O–H groups in total. The Morgan fingerprint density at radius 2 is 2.27 bits per heavy atom. The Balaban J connectivity index is 2.09.